The van der Waals surface area contributed by atoms with Crippen molar-refractivity contribution >= 4 is 23.4 Å². The maximum absolute atomic E-state index is 14.6. The molecular weight excluding hydrogens is 467 g/mol. The molecule has 3 amide bonds. The first-order valence-corrected chi connectivity index (χ1v) is 12.1. The summed E-state index contributed by atoms with van der Waals surface area (Å²) in [5.74, 6) is 0.231. The van der Waals surface area contributed by atoms with Crippen LogP contribution in [0.15, 0.2) is 36.4 Å². The number of imide groups is 1. The molecule has 190 valence electrons. The number of ether oxygens (including phenoxy) is 2. The van der Waals surface area contributed by atoms with Crippen LogP contribution in [0.5, 0.6) is 11.5 Å². The van der Waals surface area contributed by atoms with E-state index in [9.17, 15) is 18.8 Å². The molecule has 0 aromatic heterocycles. The molecular formula is C26H29FN4O5. The summed E-state index contributed by atoms with van der Waals surface area (Å²) in [4.78, 5) is 42.9. The number of hydrogen-bond acceptors (Lipinski definition) is 7. The van der Waals surface area contributed by atoms with E-state index < -0.39 is 17.4 Å². The van der Waals surface area contributed by atoms with E-state index in [0.29, 0.717) is 67.7 Å². The van der Waals surface area contributed by atoms with Crippen molar-refractivity contribution in [2.24, 2.45) is 0 Å². The molecule has 0 radical (unpaired) electrons. The summed E-state index contributed by atoms with van der Waals surface area (Å²) >= 11 is 0. The third-order valence-electron chi connectivity index (χ3n) is 7.01. The molecule has 10 heteroatoms. The maximum Gasteiger partial charge on any atom is 0.326 e. The topological polar surface area (TPSA) is 91.4 Å². The maximum atomic E-state index is 14.6. The second-order valence-electron chi connectivity index (χ2n) is 9.47. The van der Waals surface area contributed by atoms with Crippen LogP contribution in [0.2, 0.25) is 0 Å². The molecule has 2 fully saturated rings. The summed E-state index contributed by atoms with van der Waals surface area (Å²) in [5, 5.41) is 2.84. The lowest BCUT2D eigenvalue weighted by Crippen LogP contribution is -2.51. The van der Waals surface area contributed by atoms with Gasteiger partial charge in [0.15, 0.2) is 17.3 Å². The fourth-order valence-electron chi connectivity index (χ4n) is 4.81. The van der Waals surface area contributed by atoms with Gasteiger partial charge in [-0.05, 0) is 49.7 Å². The molecule has 1 atom stereocenters. The van der Waals surface area contributed by atoms with Crippen LogP contribution in [0.25, 0.3) is 0 Å². The van der Waals surface area contributed by atoms with E-state index in [2.05, 4.69) is 5.32 Å². The van der Waals surface area contributed by atoms with Crippen molar-refractivity contribution in [3.05, 3.63) is 53.3 Å². The zero-order valence-electron chi connectivity index (χ0n) is 20.4. The molecule has 9 nitrogen and oxygen atoms in total. The van der Waals surface area contributed by atoms with Crippen molar-refractivity contribution in [3.8, 4) is 11.5 Å². The molecule has 0 saturated carbocycles. The second kappa shape index (κ2) is 9.42. The van der Waals surface area contributed by atoms with Gasteiger partial charge in [-0.25, -0.2) is 14.1 Å². The van der Waals surface area contributed by atoms with Crippen LogP contribution < -0.4 is 19.7 Å². The Labute approximate surface area is 208 Å². The zero-order valence-corrected chi connectivity index (χ0v) is 20.4. The van der Waals surface area contributed by atoms with Crippen molar-refractivity contribution in [3.63, 3.8) is 0 Å². The van der Waals surface area contributed by atoms with Gasteiger partial charge in [-0.3, -0.25) is 14.5 Å². The number of carbonyl (C=O) groups is 3. The fourth-order valence-corrected chi connectivity index (χ4v) is 4.81. The van der Waals surface area contributed by atoms with E-state index in [4.69, 9.17) is 9.47 Å². The molecule has 0 bridgehead atoms. The van der Waals surface area contributed by atoms with Gasteiger partial charge in [-0.2, -0.15) is 0 Å². The third-order valence-corrected chi connectivity index (χ3v) is 7.01. The number of ketones is 1. The van der Waals surface area contributed by atoms with Crippen LogP contribution in [-0.4, -0.2) is 73.6 Å². The van der Waals surface area contributed by atoms with Gasteiger partial charge in [-0.15, -0.1) is 0 Å². The first-order valence-electron chi connectivity index (χ1n) is 12.1. The number of nitrogens with one attached hydrogen (secondary N) is 1. The van der Waals surface area contributed by atoms with Crippen LogP contribution in [0.4, 0.5) is 14.9 Å². The average molecular weight is 497 g/mol. The van der Waals surface area contributed by atoms with E-state index in [1.54, 1.807) is 37.3 Å². The highest BCUT2D eigenvalue weighted by atomic mass is 19.1. The standard InChI is InChI=1S/C26H29FN4O5/c1-17(32)18-4-6-21(20(27)14-18)30-10-8-29(9-11-30)16-31-24(33)26(2,28-25(31)34)19-5-7-22-23(15-19)36-13-3-12-35-22/h4-7,14-15H,3,8-13,16H2,1-2H3,(H,28,34). The summed E-state index contributed by atoms with van der Waals surface area (Å²) < 4.78 is 26.0. The SMILES string of the molecule is CC(=O)c1ccc(N2CCN(CN3C(=O)NC(C)(c4ccc5c(c4)OCCCO5)C3=O)CC2)c(F)c1. The van der Waals surface area contributed by atoms with Crippen molar-refractivity contribution in [1.29, 1.82) is 0 Å². The Morgan fingerprint density at radius 3 is 2.44 bits per heavy atom. The van der Waals surface area contributed by atoms with Gasteiger partial charge in [0.05, 0.1) is 25.6 Å². The lowest BCUT2D eigenvalue weighted by Gasteiger charge is -2.37. The number of benzene rings is 2. The van der Waals surface area contributed by atoms with Gasteiger partial charge in [0, 0.05) is 38.2 Å². The van der Waals surface area contributed by atoms with Crippen molar-refractivity contribution in [2.45, 2.75) is 25.8 Å². The molecule has 5 rings (SSSR count). The van der Waals surface area contributed by atoms with Gasteiger partial charge >= 0.3 is 6.03 Å². The zero-order chi connectivity index (χ0) is 25.4. The smallest absolute Gasteiger partial charge is 0.326 e. The number of urea groups is 1. The van der Waals surface area contributed by atoms with Gasteiger partial charge in [0.25, 0.3) is 5.91 Å². The number of halogens is 1. The molecule has 3 aliphatic rings. The van der Waals surface area contributed by atoms with E-state index in [1.807, 2.05) is 9.80 Å². The highest BCUT2D eigenvalue weighted by Crippen LogP contribution is 2.36. The summed E-state index contributed by atoms with van der Waals surface area (Å²) in [7, 11) is 0. The Hall–Kier alpha value is -3.66. The molecule has 3 heterocycles. The highest BCUT2D eigenvalue weighted by Gasteiger charge is 2.49. The normalized spacial score (nSPS) is 22.4. The van der Waals surface area contributed by atoms with E-state index >= 15 is 0 Å². The number of anilines is 1. The Morgan fingerprint density at radius 1 is 1.03 bits per heavy atom. The van der Waals surface area contributed by atoms with Gasteiger partial charge < -0.3 is 19.7 Å². The van der Waals surface area contributed by atoms with E-state index in [-0.39, 0.29) is 18.4 Å². The quantitative estimate of drug-likeness (QED) is 0.503. The molecule has 3 aliphatic heterocycles. The molecule has 0 spiro atoms. The van der Waals surface area contributed by atoms with Gasteiger partial charge in [0.1, 0.15) is 11.4 Å². The number of hydrogen-bond donors (Lipinski definition) is 1. The first-order chi connectivity index (χ1) is 17.3. The number of piperazine rings is 1. The summed E-state index contributed by atoms with van der Waals surface area (Å²) in [5.41, 5.74) is 0.189. The number of fused-ring (bicyclic) bond motifs is 1. The van der Waals surface area contributed by atoms with Gasteiger partial charge in [-0.1, -0.05) is 6.07 Å². The Morgan fingerprint density at radius 2 is 1.75 bits per heavy atom. The molecule has 0 aliphatic carbocycles. The second-order valence-corrected chi connectivity index (χ2v) is 9.47. The molecule has 2 aromatic rings. The molecule has 1 unspecified atom stereocenters. The van der Waals surface area contributed by atoms with Crippen molar-refractivity contribution in [2.75, 3.05) is 51.0 Å². The van der Waals surface area contributed by atoms with Crippen LogP contribution in [0, 0.1) is 5.82 Å². The average Bonchev–Trinajstić information content (AvgIpc) is 3.02. The number of nitrogens with zero attached hydrogens (tertiary/aromatic N) is 3. The van der Waals surface area contributed by atoms with Crippen LogP contribution in [0.3, 0.4) is 0 Å². The number of rotatable bonds is 5. The number of Topliss-reactive ketones (excluding diaryl/α,β-unsaturated/α-hetero) is 1. The highest BCUT2D eigenvalue weighted by molar-refractivity contribution is 6.07. The van der Waals surface area contributed by atoms with Gasteiger partial charge in [0.2, 0.25) is 0 Å². The minimum Gasteiger partial charge on any atom is -0.490 e. The Balaban J connectivity index is 1.24. The third kappa shape index (κ3) is 4.37. The fraction of sp³-hybridized carbons (Fsp3) is 0.423. The molecule has 2 saturated heterocycles. The van der Waals surface area contributed by atoms with Crippen LogP contribution >= 0.6 is 0 Å². The molecule has 2 aromatic carbocycles. The predicted molar refractivity (Wildman–Crippen MR) is 130 cm³/mol. The van der Waals surface area contributed by atoms with E-state index in [0.717, 1.165) is 6.42 Å². The Kier molecular flexibility index (Phi) is 6.29. The summed E-state index contributed by atoms with van der Waals surface area (Å²) in [6.45, 7) is 6.48. The predicted octanol–water partition coefficient (Wildman–Crippen LogP) is 2.74. The number of carbonyl (C=O) groups excluding carboxylic acids is 3. The molecule has 36 heavy (non-hydrogen) atoms. The lowest BCUT2D eigenvalue weighted by molar-refractivity contribution is -0.132. The van der Waals surface area contributed by atoms with Crippen LogP contribution in [0.1, 0.15) is 36.2 Å². The summed E-state index contributed by atoms with van der Waals surface area (Å²) in [6, 6.07) is 9.36. The summed E-state index contributed by atoms with van der Waals surface area (Å²) in [6.07, 6.45) is 0.772. The van der Waals surface area contributed by atoms with Crippen molar-refractivity contribution in [1.82, 2.24) is 15.1 Å². The van der Waals surface area contributed by atoms with Crippen molar-refractivity contribution < 1.29 is 28.2 Å². The monoisotopic (exact) mass is 496 g/mol. The largest absolute Gasteiger partial charge is 0.490 e. The Bertz CT molecular complexity index is 1210. The minimum atomic E-state index is -1.22. The number of amides is 3. The first kappa shape index (κ1) is 24.1. The molecule has 1 N–H and O–H groups in total. The van der Waals surface area contributed by atoms with E-state index in [1.165, 1.54) is 17.9 Å². The lowest BCUT2D eigenvalue weighted by atomic mass is 9.91. The minimum absolute atomic E-state index is 0.143. The van der Waals surface area contributed by atoms with Crippen LogP contribution in [-0.2, 0) is 10.3 Å².